The Morgan fingerprint density at radius 2 is 2.00 bits per heavy atom. The van der Waals surface area contributed by atoms with E-state index in [0.717, 1.165) is 17.6 Å². The second kappa shape index (κ2) is 5.78. The molecule has 4 nitrogen and oxygen atoms in total. The molecule has 1 saturated carbocycles. The quantitative estimate of drug-likeness (QED) is 0.773. The van der Waals surface area contributed by atoms with Gasteiger partial charge in [-0.15, -0.1) is 0 Å². The van der Waals surface area contributed by atoms with Crippen molar-refractivity contribution < 1.29 is 0 Å². The average molecular weight is 306 g/mol. The monoisotopic (exact) mass is 306 g/mol. The third kappa shape index (κ3) is 2.43. The first-order valence-electron chi connectivity index (χ1n) is 8.41. The highest BCUT2D eigenvalue weighted by Gasteiger charge is 2.32. The molecule has 3 aromatic rings. The van der Waals surface area contributed by atoms with E-state index < -0.39 is 0 Å². The fraction of sp³-hybridized carbons (Fsp3) is 0.368. The van der Waals surface area contributed by atoms with Crippen molar-refractivity contribution in [3.8, 4) is 11.1 Å². The number of pyridine rings is 1. The maximum atomic E-state index is 6.21. The Hall–Kier alpha value is -2.20. The van der Waals surface area contributed by atoms with Crippen LogP contribution in [0.2, 0.25) is 0 Å². The van der Waals surface area contributed by atoms with Crippen LogP contribution in [0.25, 0.3) is 22.2 Å². The number of aromatic nitrogens is 3. The van der Waals surface area contributed by atoms with Gasteiger partial charge in [0.05, 0.1) is 6.20 Å². The highest BCUT2D eigenvalue weighted by Crippen LogP contribution is 2.40. The first-order chi connectivity index (χ1) is 11.3. The summed E-state index contributed by atoms with van der Waals surface area (Å²) in [6.07, 6.45) is 9.98. The van der Waals surface area contributed by atoms with Gasteiger partial charge in [0, 0.05) is 23.5 Å². The van der Waals surface area contributed by atoms with Gasteiger partial charge >= 0.3 is 0 Å². The summed E-state index contributed by atoms with van der Waals surface area (Å²) in [5.74, 6) is 0. The highest BCUT2D eigenvalue weighted by molar-refractivity contribution is 5.92. The minimum atomic E-state index is 0.150. The number of fused-ring (bicyclic) bond motifs is 1. The lowest BCUT2D eigenvalue weighted by Crippen LogP contribution is -2.37. The molecule has 118 valence electrons. The van der Waals surface area contributed by atoms with E-state index >= 15 is 0 Å². The maximum absolute atomic E-state index is 6.21. The van der Waals surface area contributed by atoms with Gasteiger partial charge in [0.25, 0.3) is 0 Å². The van der Waals surface area contributed by atoms with Gasteiger partial charge in [0.2, 0.25) is 0 Å². The Bertz CT molecular complexity index is 815. The topological polar surface area (TPSA) is 67.6 Å². The molecule has 2 heterocycles. The smallest absolute Gasteiger partial charge is 0.155 e. The van der Waals surface area contributed by atoms with Crippen LogP contribution < -0.4 is 5.73 Å². The van der Waals surface area contributed by atoms with Crippen LogP contribution in [0.15, 0.2) is 42.7 Å². The Morgan fingerprint density at radius 1 is 1.13 bits per heavy atom. The van der Waals surface area contributed by atoms with E-state index in [-0.39, 0.29) is 5.41 Å². The van der Waals surface area contributed by atoms with Crippen molar-refractivity contribution in [3.05, 3.63) is 48.3 Å². The molecule has 0 unspecified atom stereocenters. The van der Waals surface area contributed by atoms with Crippen molar-refractivity contribution in [1.29, 1.82) is 0 Å². The molecule has 1 aromatic carbocycles. The number of hydrogen-bond donors (Lipinski definition) is 2. The van der Waals surface area contributed by atoms with E-state index in [9.17, 15) is 0 Å². The molecule has 23 heavy (non-hydrogen) atoms. The van der Waals surface area contributed by atoms with Crippen LogP contribution in [-0.2, 0) is 5.41 Å². The Balaban J connectivity index is 1.81. The highest BCUT2D eigenvalue weighted by atomic mass is 15.1. The molecule has 1 aliphatic rings. The van der Waals surface area contributed by atoms with Crippen molar-refractivity contribution >= 4 is 11.0 Å². The SMILES string of the molecule is NCC1(c2cccc(-c3ccnc4[nH]ncc34)c2)CCCCC1. The van der Waals surface area contributed by atoms with Gasteiger partial charge in [-0.2, -0.15) is 5.10 Å². The van der Waals surface area contributed by atoms with E-state index in [4.69, 9.17) is 5.73 Å². The van der Waals surface area contributed by atoms with E-state index in [0.29, 0.717) is 0 Å². The molecular weight excluding hydrogens is 284 g/mol. The molecule has 0 atom stereocenters. The first-order valence-corrected chi connectivity index (χ1v) is 8.41. The number of nitrogens with one attached hydrogen (secondary N) is 1. The molecule has 0 amide bonds. The zero-order valence-electron chi connectivity index (χ0n) is 13.3. The molecular formula is C19H22N4. The molecule has 1 aliphatic carbocycles. The number of rotatable bonds is 3. The number of benzene rings is 1. The zero-order chi connectivity index (χ0) is 15.7. The van der Waals surface area contributed by atoms with Crippen molar-refractivity contribution in [2.24, 2.45) is 5.73 Å². The summed E-state index contributed by atoms with van der Waals surface area (Å²) in [7, 11) is 0. The van der Waals surface area contributed by atoms with Crippen LogP contribution in [0, 0.1) is 0 Å². The predicted octanol–water partition coefficient (Wildman–Crippen LogP) is 3.79. The normalized spacial score (nSPS) is 17.4. The van der Waals surface area contributed by atoms with Crippen molar-refractivity contribution in [2.45, 2.75) is 37.5 Å². The van der Waals surface area contributed by atoms with Crippen LogP contribution in [0.1, 0.15) is 37.7 Å². The molecule has 4 heteroatoms. The minimum absolute atomic E-state index is 0.150. The molecule has 0 aliphatic heterocycles. The predicted molar refractivity (Wildman–Crippen MR) is 93.1 cm³/mol. The molecule has 0 radical (unpaired) electrons. The van der Waals surface area contributed by atoms with E-state index in [1.807, 2.05) is 12.4 Å². The zero-order valence-corrected chi connectivity index (χ0v) is 13.3. The van der Waals surface area contributed by atoms with Gasteiger partial charge in [0.1, 0.15) is 0 Å². The van der Waals surface area contributed by atoms with E-state index in [1.165, 1.54) is 48.8 Å². The fourth-order valence-corrected chi connectivity index (χ4v) is 3.96. The van der Waals surface area contributed by atoms with E-state index in [2.05, 4.69) is 45.5 Å². The standard InChI is InChI=1S/C19H22N4/c20-13-19(8-2-1-3-9-19)15-6-4-5-14(11-15)16-7-10-21-18-17(16)12-22-23-18/h4-7,10-12H,1-3,8-9,13,20H2,(H,21,22,23). The molecule has 0 bridgehead atoms. The molecule has 2 aromatic heterocycles. The summed E-state index contributed by atoms with van der Waals surface area (Å²) < 4.78 is 0. The van der Waals surface area contributed by atoms with Crippen molar-refractivity contribution in [1.82, 2.24) is 15.2 Å². The lowest BCUT2D eigenvalue weighted by Gasteiger charge is -2.37. The van der Waals surface area contributed by atoms with Crippen molar-refractivity contribution in [2.75, 3.05) is 6.54 Å². The third-order valence-electron chi connectivity index (χ3n) is 5.34. The number of nitrogens with two attached hydrogens (primary N) is 1. The lowest BCUT2D eigenvalue weighted by molar-refractivity contribution is 0.301. The summed E-state index contributed by atoms with van der Waals surface area (Å²) >= 11 is 0. The van der Waals surface area contributed by atoms with Crippen LogP contribution in [0.4, 0.5) is 0 Å². The molecule has 3 N–H and O–H groups in total. The molecule has 0 saturated heterocycles. The number of nitrogens with zero attached hydrogens (tertiary/aromatic N) is 2. The number of aromatic amines is 1. The maximum Gasteiger partial charge on any atom is 0.155 e. The fourth-order valence-electron chi connectivity index (χ4n) is 3.96. The van der Waals surface area contributed by atoms with Gasteiger partial charge in [-0.25, -0.2) is 4.98 Å². The summed E-state index contributed by atoms with van der Waals surface area (Å²) in [5.41, 5.74) is 11.0. The number of hydrogen-bond acceptors (Lipinski definition) is 3. The van der Waals surface area contributed by atoms with E-state index in [1.54, 1.807) is 0 Å². The average Bonchev–Trinajstić information content (AvgIpc) is 3.11. The van der Waals surface area contributed by atoms with Gasteiger partial charge in [-0.3, -0.25) is 5.10 Å². The second-order valence-electron chi connectivity index (χ2n) is 6.62. The summed E-state index contributed by atoms with van der Waals surface area (Å²) in [5, 5.41) is 8.13. The second-order valence-corrected chi connectivity index (χ2v) is 6.62. The third-order valence-corrected chi connectivity index (χ3v) is 5.34. The first kappa shape index (κ1) is 14.4. The summed E-state index contributed by atoms with van der Waals surface area (Å²) in [6.45, 7) is 0.730. The Labute approximate surface area is 136 Å². The van der Waals surface area contributed by atoms with Crippen LogP contribution in [0.5, 0.6) is 0 Å². The summed E-state index contributed by atoms with van der Waals surface area (Å²) in [4.78, 5) is 4.33. The van der Waals surface area contributed by atoms with Gasteiger partial charge in [-0.1, -0.05) is 43.5 Å². The lowest BCUT2D eigenvalue weighted by atomic mass is 9.69. The van der Waals surface area contributed by atoms with Crippen LogP contribution >= 0.6 is 0 Å². The summed E-state index contributed by atoms with van der Waals surface area (Å²) in [6, 6.07) is 10.9. The van der Waals surface area contributed by atoms with Crippen LogP contribution in [0.3, 0.4) is 0 Å². The largest absolute Gasteiger partial charge is 0.330 e. The van der Waals surface area contributed by atoms with Gasteiger partial charge in [0.15, 0.2) is 5.65 Å². The molecule has 4 rings (SSSR count). The Morgan fingerprint density at radius 3 is 2.83 bits per heavy atom. The molecule has 1 fully saturated rings. The van der Waals surface area contributed by atoms with Crippen molar-refractivity contribution in [3.63, 3.8) is 0 Å². The minimum Gasteiger partial charge on any atom is -0.330 e. The van der Waals surface area contributed by atoms with Gasteiger partial charge < -0.3 is 5.73 Å². The van der Waals surface area contributed by atoms with Gasteiger partial charge in [-0.05, 0) is 35.6 Å². The molecule has 0 spiro atoms. The number of H-pyrrole nitrogens is 1. The Kier molecular flexibility index (Phi) is 3.62. The van der Waals surface area contributed by atoms with Crippen LogP contribution in [-0.4, -0.2) is 21.7 Å².